The number of fused-ring (bicyclic) bond motifs is 1. The number of thioether (sulfide) groups is 1. The summed E-state index contributed by atoms with van der Waals surface area (Å²) >= 11 is 7.30. The zero-order valence-corrected chi connectivity index (χ0v) is 13.7. The first-order chi connectivity index (χ1) is 11.1. The molecule has 0 spiro atoms. The highest BCUT2D eigenvalue weighted by Crippen LogP contribution is 2.38. The molecule has 0 bridgehead atoms. The maximum absolute atomic E-state index is 12.1. The Morgan fingerprint density at radius 1 is 1.39 bits per heavy atom. The van der Waals surface area contributed by atoms with Gasteiger partial charge in [0.05, 0.1) is 17.2 Å². The molecule has 2 aromatic rings. The smallest absolute Gasteiger partial charge is 0.238 e. The third-order valence-corrected chi connectivity index (χ3v) is 4.92. The molecule has 0 saturated heterocycles. The molecular weight excluding hydrogens is 336 g/mol. The minimum Gasteiger partial charge on any atom is -0.469 e. The number of anilines is 1. The quantitative estimate of drug-likeness (QED) is 0.869. The standard InChI is InChI=1S/C16H15ClN2O3S/c17-10-3-4-13-12(8-10)19-16(21)14(23-13)9-15(20)18-6-5-11-2-1-7-22-11/h1-4,7-8,14H,5-6,9H2,(H,18,20)(H,19,21)/t14-/m1/s1. The van der Waals surface area contributed by atoms with Gasteiger partial charge in [0.25, 0.3) is 0 Å². The monoisotopic (exact) mass is 350 g/mol. The van der Waals surface area contributed by atoms with Gasteiger partial charge in [-0.25, -0.2) is 0 Å². The van der Waals surface area contributed by atoms with Gasteiger partial charge < -0.3 is 15.1 Å². The van der Waals surface area contributed by atoms with Crippen LogP contribution in [0.4, 0.5) is 5.69 Å². The maximum atomic E-state index is 12.1. The maximum Gasteiger partial charge on any atom is 0.238 e. The van der Waals surface area contributed by atoms with Crippen LogP contribution in [0.25, 0.3) is 0 Å². The molecule has 120 valence electrons. The molecule has 0 unspecified atom stereocenters. The summed E-state index contributed by atoms with van der Waals surface area (Å²) in [5.74, 6) is 0.494. The number of carbonyl (C=O) groups excluding carboxylic acids is 2. The fourth-order valence-corrected chi connectivity index (χ4v) is 3.54. The van der Waals surface area contributed by atoms with Crippen molar-refractivity contribution >= 4 is 40.9 Å². The van der Waals surface area contributed by atoms with E-state index < -0.39 is 5.25 Å². The topological polar surface area (TPSA) is 71.3 Å². The van der Waals surface area contributed by atoms with Crippen LogP contribution < -0.4 is 10.6 Å². The van der Waals surface area contributed by atoms with Crippen molar-refractivity contribution in [1.82, 2.24) is 5.32 Å². The summed E-state index contributed by atoms with van der Waals surface area (Å²) in [6, 6.07) is 9.00. The van der Waals surface area contributed by atoms with Crippen LogP contribution in [0, 0.1) is 0 Å². The Morgan fingerprint density at radius 3 is 3.04 bits per heavy atom. The molecule has 23 heavy (non-hydrogen) atoms. The summed E-state index contributed by atoms with van der Waals surface area (Å²) in [5, 5.41) is 5.73. The number of hydrogen-bond acceptors (Lipinski definition) is 4. The van der Waals surface area contributed by atoms with Gasteiger partial charge in [-0.15, -0.1) is 11.8 Å². The number of furan rings is 1. The first kappa shape index (κ1) is 16.0. The first-order valence-corrected chi connectivity index (χ1v) is 8.44. The number of hydrogen-bond donors (Lipinski definition) is 2. The highest BCUT2D eigenvalue weighted by atomic mass is 35.5. The summed E-state index contributed by atoms with van der Waals surface area (Å²) in [6.07, 6.45) is 2.37. The van der Waals surface area contributed by atoms with Gasteiger partial charge in [-0.1, -0.05) is 11.6 Å². The Bertz CT molecular complexity index is 718. The van der Waals surface area contributed by atoms with Crippen LogP contribution in [0.2, 0.25) is 5.02 Å². The highest BCUT2D eigenvalue weighted by molar-refractivity contribution is 8.01. The van der Waals surface area contributed by atoms with Crippen molar-refractivity contribution in [2.24, 2.45) is 0 Å². The van der Waals surface area contributed by atoms with E-state index in [0.29, 0.717) is 23.7 Å². The summed E-state index contributed by atoms with van der Waals surface area (Å²) < 4.78 is 5.20. The van der Waals surface area contributed by atoms with Crippen molar-refractivity contribution in [3.8, 4) is 0 Å². The Balaban J connectivity index is 1.52. The lowest BCUT2D eigenvalue weighted by atomic mass is 10.2. The molecule has 1 aromatic heterocycles. The van der Waals surface area contributed by atoms with Gasteiger partial charge in [0, 0.05) is 29.3 Å². The average molecular weight is 351 g/mol. The van der Waals surface area contributed by atoms with Gasteiger partial charge in [0.2, 0.25) is 11.8 Å². The lowest BCUT2D eigenvalue weighted by Gasteiger charge is -2.23. The number of halogens is 1. The minimum absolute atomic E-state index is 0.136. The molecule has 0 saturated carbocycles. The predicted octanol–water partition coefficient (Wildman–Crippen LogP) is 3.09. The van der Waals surface area contributed by atoms with E-state index in [2.05, 4.69) is 10.6 Å². The minimum atomic E-state index is -0.438. The van der Waals surface area contributed by atoms with Crippen LogP contribution in [0.15, 0.2) is 45.9 Å². The molecule has 0 aliphatic carbocycles. The summed E-state index contributed by atoms with van der Waals surface area (Å²) in [4.78, 5) is 25.0. The van der Waals surface area contributed by atoms with Crippen LogP contribution in [0.5, 0.6) is 0 Å². The van der Waals surface area contributed by atoms with Crippen molar-refractivity contribution in [3.63, 3.8) is 0 Å². The zero-order valence-electron chi connectivity index (χ0n) is 12.2. The van der Waals surface area contributed by atoms with Crippen molar-refractivity contribution in [2.45, 2.75) is 23.0 Å². The number of carbonyl (C=O) groups is 2. The summed E-state index contributed by atoms with van der Waals surface area (Å²) in [5.41, 5.74) is 0.696. The van der Waals surface area contributed by atoms with Crippen LogP contribution in [0.3, 0.4) is 0 Å². The normalized spacial score (nSPS) is 16.6. The molecule has 1 aliphatic rings. The van der Waals surface area contributed by atoms with E-state index in [4.69, 9.17) is 16.0 Å². The molecule has 2 heterocycles. The van der Waals surface area contributed by atoms with Crippen molar-refractivity contribution in [2.75, 3.05) is 11.9 Å². The molecule has 0 radical (unpaired) electrons. The average Bonchev–Trinajstić information content (AvgIpc) is 3.01. The zero-order chi connectivity index (χ0) is 16.2. The van der Waals surface area contributed by atoms with Gasteiger partial charge in [0.1, 0.15) is 5.76 Å². The second kappa shape index (κ2) is 7.10. The molecule has 1 atom stereocenters. The lowest BCUT2D eigenvalue weighted by Crippen LogP contribution is -2.35. The number of amides is 2. The second-order valence-electron chi connectivity index (χ2n) is 5.12. The predicted molar refractivity (Wildman–Crippen MR) is 89.8 cm³/mol. The first-order valence-electron chi connectivity index (χ1n) is 7.18. The van der Waals surface area contributed by atoms with Crippen LogP contribution >= 0.6 is 23.4 Å². The van der Waals surface area contributed by atoms with E-state index >= 15 is 0 Å². The van der Waals surface area contributed by atoms with Crippen molar-refractivity contribution < 1.29 is 14.0 Å². The third-order valence-electron chi connectivity index (χ3n) is 3.41. The molecule has 2 N–H and O–H groups in total. The molecule has 0 fully saturated rings. The van der Waals surface area contributed by atoms with Gasteiger partial charge in [-0.05, 0) is 30.3 Å². The molecule has 7 heteroatoms. The molecule has 5 nitrogen and oxygen atoms in total. The van der Waals surface area contributed by atoms with Gasteiger partial charge in [-0.3, -0.25) is 9.59 Å². The highest BCUT2D eigenvalue weighted by Gasteiger charge is 2.28. The molecule has 3 rings (SSSR count). The van der Waals surface area contributed by atoms with Crippen LogP contribution in [-0.2, 0) is 16.0 Å². The van der Waals surface area contributed by atoms with Gasteiger partial charge in [-0.2, -0.15) is 0 Å². The Morgan fingerprint density at radius 2 is 2.26 bits per heavy atom. The second-order valence-corrected chi connectivity index (χ2v) is 6.80. The largest absolute Gasteiger partial charge is 0.469 e. The van der Waals surface area contributed by atoms with E-state index in [1.165, 1.54) is 11.8 Å². The SMILES string of the molecule is O=C(C[C@H]1Sc2ccc(Cl)cc2NC1=O)NCCc1ccco1. The van der Waals surface area contributed by atoms with Gasteiger partial charge >= 0.3 is 0 Å². The number of rotatable bonds is 5. The Kier molecular flexibility index (Phi) is 4.93. The fraction of sp³-hybridized carbons (Fsp3) is 0.250. The molecule has 2 amide bonds. The molecule has 1 aliphatic heterocycles. The molecular formula is C16H15ClN2O3S. The van der Waals surface area contributed by atoms with Crippen LogP contribution in [-0.4, -0.2) is 23.6 Å². The van der Waals surface area contributed by atoms with E-state index in [-0.39, 0.29) is 18.2 Å². The van der Waals surface area contributed by atoms with Gasteiger partial charge in [0.15, 0.2) is 0 Å². The summed E-state index contributed by atoms with van der Waals surface area (Å²) in [7, 11) is 0. The summed E-state index contributed by atoms with van der Waals surface area (Å²) in [6.45, 7) is 0.484. The number of nitrogens with one attached hydrogen (secondary N) is 2. The van der Waals surface area contributed by atoms with Crippen molar-refractivity contribution in [1.29, 1.82) is 0 Å². The van der Waals surface area contributed by atoms with Crippen molar-refractivity contribution in [3.05, 3.63) is 47.4 Å². The number of benzene rings is 1. The van der Waals surface area contributed by atoms with E-state index in [1.807, 2.05) is 18.2 Å². The van der Waals surface area contributed by atoms with E-state index in [9.17, 15) is 9.59 Å². The fourth-order valence-electron chi connectivity index (χ4n) is 2.28. The van der Waals surface area contributed by atoms with Crippen LogP contribution in [0.1, 0.15) is 12.2 Å². The molecule has 1 aromatic carbocycles. The lowest BCUT2D eigenvalue weighted by molar-refractivity contribution is -0.124. The van der Waals surface area contributed by atoms with E-state index in [1.54, 1.807) is 18.4 Å². The Labute approximate surface area is 142 Å². The van der Waals surface area contributed by atoms with E-state index in [0.717, 1.165) is 10.7 Å². The Hall–Kier alpha value is -1.92. The third kappa shape index (κ3) is 4.09.